The van der Waals surface area contributed by atoms with Gasteiger partial charge in [0.2, 0.25) is 0 Å². The van der Waals surface area contributed by atoms with Gasteiger partial charge in [-0.05, 0) is 111 Å². The molecule has 4 fully saturated rings. The molecular weight excluding hydrogens is 452 g/mol. The van der Waals surface area contributed by atoms with Crippen LogP contribution in [0.25, 0.3) is 0 Å². The fourth-order valence-corrected chi connectivity index (χ4v) is 10.2. The highest BCUT2D eigenvalue weighted by atomic mass is 79.9. The molecule has 31 heavy (non-hydrogen) atoms. The number of ketones is 1. The summed E-state index contributed by atoms with van der Waals surface area (Å²) in [4.78, 5) is 11.8. The highest BCUT2D eigenvalue weighted by molar-refractivity contribution is 9.10. The highest BCUT2D eigenvalue weighted by Gasteiger charge is 2.64. The van der Waals surface area contributed by atoms with Crippen LogP contribution in [-0.2, 0) is 4.79 Å². The Labute approximate surface area is 198 Å². The smallest absolute Gasteiger partial charge is 0.143 e. The molecule has 0 heterocycles. The Balaban J connectivity index is 1.61. The van der Waals surface area contributed by atoms with E-state index in [1.807, 2.05) is 0 Å². The fourth-order valence-electron chi connectivity index (χ4n) is 9.59. The summed E-state index contributed by atoms with van der Waals surface area (Å²) in [6, 6.07) is 0. The molecule has 0 spiro atoms. The Morgan fingerprint density at radius 1 is 1.03 bits per heavy atom. The van der Waals surface area contributed by atoms with Crippen LogP contribution in [0.15, 0.2) is 0 Å². The Kier molecular flexibility index (Phi) is 6.79. The first-order valence-electron chi connectivity index (χ1n) is 13.0. The number of aliphatic hydroxyl groups excluding tert-OH is 2. The lowest BCUT2D eigenvalue weighted by atomic mass is 9.41. The Morgan fingerprint density at radius 3 is 2.32 bits per heavy atom. The molecule has 12 atom stereocenters. The van der Waals surface area contributed by atoms with Gasteiger partial charge in [0.25, 0.3) is 0 Å². The predicted molar refractivity (Wildman–Crippen MR) is 129 cm³/mol. The van der Waals surface area contributed by atoms with Gasteiger partial charge in [0, 0.05) is 0 Å². The second-order valence-electron chi connectivity index (χ2n) is 12.4. The molecule has 5 unspecified atom stereocenters. The minimum Gasteiger partial charge on any atom is -0.393 e. The average Bonchev–Trinajstić information content (AvgIpc) is 3.06. The van der Waals surface area contributed by atoms with Gasteiger partial charge in [0.1, 0.15) is 5.78 Å². The molecule has 0 radical (unpaired) electrons. The summed E-state index contributed by atoms with van der Waals surface area (Å²) >= 11 is 3.62. The van der Waals surface area contributed by atoms with Gasteiger partial charge in [-0.2, -0.15) is 0 Å². The van der Waals surface area contributed by atoms with E-state index in [-0.39, 0.29) is 33.6 Å². The molecule has 4 rings (SSSR count). The van der Waals surface area contributed by atoms with Crippen molar-refractivity contribution < 1.29 is 15.0 Å². The van der Waals surface area contributed by atoms with Gasteiger partial charge in [-0.1, -0.05) is 50.0 Å². The van der Waals surface area contributed by atoms with Crippen LogP contribution < -0.4 is 0 Å². The van der Waals surface area contributed by atoms with Crippen molar-refractivity contribution in [3.63, 3.8) is 0 Å². The third-order valence-corrected chi connectivity index (χ3v) is 12.2. The third-order valence-electron chi connectivity index (χ3n) is 11.2. The number of hydrogen-bond donors (Lipinski definition) is 2. The second kappa shape index (κ2) is 8.69. The van der Waals surface area contributed by atoms with Crippen molar-refractivity contribution in [3.05, 3.63) is 0 Å². The van der Waals surface area contributed by atoms with Crippen LogP contribution in [-0.4, -0.2) is 33.0 Å². The summed E-state index contributed by atoms with van der Waals surface area (Å²) in [6.07, 6.45) is 9.43. The summed E-state index contributed by atoms with van der Waals surface area (Å²) in [6.45, 7) is 11.3. The van der Waals surface area contributed by atoms with Crippen LogP contribution in [0.2, 0.25) is 0 Å². The first-order chi connectivity index (χ1) is 14.5. The van der Waals surface area contributed by atoms with Crippen molar-refractivity contribution >= 4 is 21.7 Å². The SMILES string of the molecule is CC[C@H]1[C@@H](O)C2C3CCC([C@H](C)CC(Br)C(C)=O)[C@@]3(C)CCC2[C@@]2(C)CC[C@@H](O)C[C@@H]12. The molecule has 0 aromatic rings. The van der Waals surface area contributed by atoms with E-state index < -0.39 is 0 Å². The van der Waals surface area contributed by atoms with Crippen LogP contribution in [0.1, 0.15) is 92.4 Å². The van der Waals surface area contributed by atoms with Gasteiger partial charge in [0.15, 0.2) is 0 Å². The molecule has 0 aliphatic heterocycles. The van der Waals surface area contributed by atoms with Crippen molar-refractivity contribution in [2.24, 2.45) is 52.3 Å². The van der Waals surface area contributed by atoms with E-state index in [2.05, 4.69) is 43.6 Å². The van der Waals surface area contributed by atoms with E-state index in [1.54, 1.807) is 6.92 Å². The zero-order chi connectivity index (χ0) is 22.7. The number of hydrogen-bond acceptors (Lipinski definition) is 3. The Bertz CT molecular complexity index is 681. The molecule has 0 bridgehead atoms. The maximum atomic E-state index is 11.9. The summed E-state index contributed by atoms with van der Waals surface area (Å²) in [5.74, 6) is 3.79. The lowest BCUT2D eigenvalue weighted by Crippen LogP contribution is -2.62. The topological polar surface area (TPSA) is 57.5 Å². The molecule has 0 aromatic heterocycles. The molecule has 2 N–H and O–H groups in total. The van der Waals surface area contributed by atoms with Crippen molar-refractivity contribution in [2.45, 2.75) is 109 Å². The number of Topliss-reactive ketones (excluding diaryl/α,β-unsaturated/α-hetero) is 1. The fraction of sp³-hybridized carbons (Fsp3) is 0.963. The van der Waals surface area contributed by atoms with E-state index in [9.17, 15) is 15.0 Å². The minimum absolute atomic E-state index is 0.0282. The lowest BCUT2D eigenvalue weighted by molar-refractivity contribution is -0.203. The average molecular weight is 498 g/mol. The monoisotopic (exact) mass is 496 g/mol. The van der Waals surface area contributed by atoms with E-state index in [0.29, 0.717) is 41.4 Å². The van der Waals surface area contributed by atoms with E-state index in [0.717, 1.165) is 32.1 Å². The molecule has 4 aliphatic rings. The normalized spacial score (nSPS) is 51.4. The first kappa shape index (κ1) is 24.2. The third kappa shape index (κ3) is 3.79. The van der Waals surface area contributed by atoms with Crippen molar-refractivity contribution in [3.8, 4) is 0 Å². The van der Waals surface area contributed by atoms with Gasteiger partial charge in [0.05, 0.1) is 17.0 Å². The van der Waals surface area contributed by atoms with Crippen LogP contribution in [0.5, 0.6) is 0 Å². The van der Waals surface area contributed by atoms with Crippen molar-refractivity contribution in [1.82, 2.24) is 0 Å². The molecular formula is C27H45BrO3. The standard InChI is InChI=1S/C27H45BrO3/c1-6-18-22-14-17(30)9-11-27(22,5)21-10-12-26(4)19(15(2)13-23(28)16(3)29)7-8-20(26)24(21)25(18)31/h15,17-25,30-31H,6-14H2,1-5H3/t15-,17-,18-,19?,20?,21?,22+,23?,24?,25-,26-,27-/m1/s1. The van der Waals surface area contributed by atoms with E-state index in [4.69, 9.17) is 0 Å². The number of carbonyl (C=O) groups excluding carboxylic acids is 1. The molecule has 4 saturated carbocycles. The Morgan fingerprint density at radius 2 is 1.68 bits per heavy atom. The molecule has 0 aromatic carbocycles. The summed E-state index contributed by atoms with van der Waals surface area (Å²) in [5, 5.41) is 22.2. The van der Waals surface area contributed by atoms with Gasteiger partial charge >= 0.3 is 0 Å². The van der Waals surface area contributed by atoms with Crippen LogP contribution >= 0.6 is 15.9 Å². The molecule has 178 valence electrons. The lowest BCUT2D eigenvalue weighted by Gasteiger charge is -2.64. The van der Waals surface area contributed by atoms with Gasteiger partial charge in [-0.3, -0.25) is 4.79 Å². The van der Waals surface area contributed by atoms with Crippen molar-refractivity contribution in [1.29, 1.82) is 0 Å². The van der Waals surface area contributed by atoms with Gasteiger partial charge in [-0.15, -0.1) is 0 Å². The summed E-state index contributed by atoms with van der Waals surface area (Å²) < 4.78 is 0. The Hall–Kier alpha value is 0.0700. The molecule has 0 amide bonds. The maximum Gasteiger partial charge on any atom is 0.143 e. The van der Waals surface area contributed by atoms with Crippen LogP contribution in [0, 0.1) is 52.3 Å². The highest BCUT2D eigenvalue weighted by Crippen LogP contribution is 2.69. The van der Waals surface area contributed by atoms with Crippen molar-refractivity contribution in [2.75, 3.05) is 0 Å². The molecule has 4 heteroatoms. The number of alkyl halides is 1. The number of halogens is 1. The number of rotatable bonds is 5. The quantitative estimate of drug-likeness (QED) is 0.459. The number of fused-ring (bicyclic) bond motifs is 5. The summed E-state index contributed by atoms with van der Waals surface area (Å²) in [5.41, 5.74) is 0.547. The molecule has 4 aliphatic carbocycles. The van der Waals surface area contributed by atoms with E-state index >= 15 is 0 Å². The minimum atomic E-state index is -0.224. The first-order valence-corrected chi connectivity index (χ1v) is 14.0. The number of aliphatic hydroxyl groups is 2. The van der Waals surface area contributed by atoms with Gasteiger partial charge in [-0.25, -0.2) is 0 Å². The predicted octanol–water partition coefficient (Wildman–Crippen LogP) is 5.99. The van der Waals surface area contributed by atoms with E-state index in [1.165, 1.54) is 25.7 Å². The zero-order valence-corrected chi connectivity index (χ0v) is 21.9. The largest absolute Gasteiger partial charge is 0.393 e. The van der Waals surface area contributed by atoms with Crippen LogP contribution in [0.4, 0.5) is 0 Å². The second-order valence-corrected chi connectivity index (χ2v) is 13.5. The summed E-state index contributed by atoms with van der Waals surface area (Å²) in [7, 11) is 0. The molecule has 3 nitrogen and oxygen atoms in total. The van der Waals surface area contributed by atoms with Gasteiger partial charge < -0.3 is 10.2 Å². The van der Waals surface area contributed by atoms with Crippen LogP contribution in [0.3, 0.4) is 0 Å². The maximum absolute atomic E-state index is 11.9. The zero-order valence-electron chi connectivity index (χ0n) is 20.3. The molecule has 0 saturated heterocycles. The number of carbonyl (C=O) groups is 1.